The SMILES string of the molecule is CCC(CC)CNc1ncc2c(-c3ccc(CN4CCN(C5CCN(Cc6ccc7c(c6)n(C)c(=O)n7C6CCC(=O)NC6=O)CC5)CC4)cc3)cn(C3CCC(O)CC3)c2n1. The van der Waals surface area contributed by atoms with E-state index in [0.717, 1.165) is 138 Å². The normalized spacial score (nSPS) is 22.6. The first-order valence-corrected chi connectivity index (χ1v) is 23.3. The molecule has 62 heavy (non-hydrogen) atoms. The van der Waals surface area contributed by atoms with Gasteiger partial charge in [-0.15, -0.1) is 0 Å². The Morgan fingerprint density at radius 2 is 1.50 bits per heavy atom. The van der Waals surface area contributed by atoms with Gasteiger partial charge in [0.05, 0.1) is 17.1 Å². The van der Waals surface area contributed by atoms with E-state index in [4.69, 9.17) is 9.97 Å². The van der Waals surface area contributed by atoms with Crippen LogP contribution >= 0.6 is 0 Å². The molecule has 4 aliphatic rings. The highest BCUT2D eigenvalue weighted by atomic mass is 16.3. The first-order chi connectivity index (χ1) is 30.1. The molecule has 14 heteroatoms. The molecule has 4 fully saturated rings. The van der Waals surface area contributed by atoms with Gasteiger partial charge in [-0.1, -0.05) is 57.0 Å². The third-order valence-electron chi connectivity index (χ3n) is 14.6. The molecule has 3 saturated heterocycles. The summed E-state index contributed by atoms with van der Waals surface area (Å²) in [6.45, 7) is 13.5. The molecule has 2 aromatic carbocycles. The average molecular weight is 845 g/mol. The highest BCUT2D eigenvalue weighted by Gasteiger charge is 2.32. The van der Waals surface area contributed by atoms with Crippen molar-refractivity contribution >= 4 is 39.8 Å². The van der Waals surface area contributed by atoms with Crippen molar-refractivity contribution in [1.29, 1.82) is 0 Å². The number of hydrogen-bond acceptors (Lipinski definition) is 10. The van der Waals surface area contributed by atoms with E-state index in [9.17, 15) is 19.5 Å². The number of carbonyl (C=O) groups is 2. The highest BCUT2D eigenvalue weighted by Crippen LogP contribution is 2.37. The van der Waals surface area contributed by atoms with Crippen LogP contribution in [0.3, 0.4) is 0 Å². The Kier molecular flexibility index (Phi) is 12.6. The topological polar surface area (TPSA) is 146 Å². The first kappa shape index (κ1) is 42.4. The molecule has 1 saturated carbocycles. The fraction of sp³-hybridized carbons (Fsp3) is 0.562. The summed E-state index contributed by atoms with van der Waals surface area (Å²) in [5, 5.41) is 17.2. The summed E-state index contributed by atoms with van der Waals surface area (Å²) in [7, 11) is 1.75. The van der Waals surface area contributed by atoms with Gasteiger partial charge in [0, 0.05) is 94.7 Å². The minimum Gasteiger partial charge on any atom is -0.393 e. The van der Waals surface area contributed by atoms with Crippen molar-refractivity contribution in [2.75, 3.05) is 51.1 Å². The monoisotopic (exact) mass is 845 g/mol. The first-order valence-electron chi connectivity index (χ1n) is 23.3. The Bertz CT molecular complexity index is 2430. The maximum atomic E-state index is 13.2. The number of imide groups is 1. The number of fused-ring (bicyclic) bond motifs is 2. The van der Waals surface area contributed by atoms with Crippen LogP contribution in [0.25, 0.3) is 33.2 Å². The lowest BCUT2D eigenvalue weighted by molar-refractivity contribution is -0.135. The number of piperidine rings is 2. The molecule has 0 bridgehead atoms. The van der Waals surface area contributed by atoms with E-state index in [1.807, 2.05) is 12.3 Å². The quantitative estimate of drug-likeness (QED) is 0.124. The molecule has 9 rings (SSSR count). The van der Waals surface area contributed by atoms with Gasteiger partial charge < -0.3 is 15.0 Å². The Morgan fingerprint density at radius 3 is 2.21 bits per heavy atom. The van der Waals surface area contributed by atoms with Crippen LogP contribution in [0.1, 0.15) is 101 Å². The molecule has 2 amide bonds. The fourth-order valence-corrected chi connectivity index (χ4v) is 10.5. The third-order valence-corrected chi connectivity index (χ3v) is 14.6. The van der Waals surface area contributed by atoms with Gasteiger partial charge in [0.2, 0.25) is 17.8 Å². The fourth-order valence-electron chi connectivity index (χ4n) is 10.5. The molecule has 1 aliphatic carbocycles. The van der Waals surface area contributed by atoms with Crippen molar-refractivity contribution in [3.63, 3.8) is 0 Å². The minimum atomic E-state index is -0.671. The number of likely N-dealkylation sites (tertiary alicyclic amines) is 1. The van der Waals surface area contributed by atoms with E-state index in [1.165, 1.54) is 16.7 Å². The molecule has 0 radical (unpaired) electrons. The predicted molar refractivity (Wildman–Crippen MR) is 243 cm³/mol. The van der Waals surface area contributed by atoms with Crippen LogP contribution in [0, 0.1) is 5.92 Å². The van der Waals surface area contributed by atoms with Crippen molar-refractivity contribution in [3.8, 4) is 11.1 Å². The number of benzene rings is 2. The third kappa shape index (κ3) is 8.84. The predicted octanol–water partition coefficient (Wildman–Crippen LogP) is 5.84. The summed E-state index contributed by atoms with van der Waals surface area (Å²) in [5.74, 6) is 0.597. The average Bonchev–Trinajstić information content (AvgIpc) is 3.78. The molecule has 0 spiro atoms. The number of hydrogen-bond donors (Lipinski definition) is 3. The molecule has 6 heterocycles. The molecule has 1 unspecified atom stereocenters. The summed E-state index contributed by atoms with van der Waals surface area (Å²) in [4.78, 5) is 55.2. The number of rotatable bonds is 13. The molecule has 3 N–H and O–H groups in total. The Hall–Kier alpha value is -4.89. The summed E-state index contributed by atoms with van der Waals surface area (Å²) >= 11 is 0. The van der Waals surface area contributed by atoms with E-state index in [2.05, 4.69) is 86.3 Å². The molecule has 330 valence electrons. The number of carbonyl (C=O) groups excluding carboxylic acids is 2. The van der Waals surface area contributed by atoms with Crippen molar-refractivity contribution in [3.05, 3.63) is 76.5 Å². The largest absolute Gasteiger partial charge is 0.393 e. The van der Waals surface area contributed by atoms with Crippen LogP contribution < -0.4 is 16.3 Å². The lowest BCUT2D eigenvalue weighted by Crippen LogP contribution is -2.52. The summed E-state index contributed by atoms with van der Waals surface area (Å²) < 4.78 is 5.53. The molecule has 5 aromatic rings. The number of aromatic nitrogens is 5. The van der Waals surface area contributed by atoms with Crippen LogP contribution in [0.5, 0.6) is 0 Å². The lowest BCUT2D eigenvalue weighted by Gasteiger charge is -2.43. The van der Waals surface area contributed by atoms with Gasteiger partial charge in [0.15, 0.2) is 0 Å². The second kappa shape index (κ2) is 18.4. The molecule has 1 atom stereocenters. The Balaban J connectivity index is 0.781. The smallest absolute Gasteiger partial charge is 0.329 e. The van der Waals surface area contributed by atoms with E-state index in [0.29, 0.717) is 30.4 Å². The number of piperazine rings is 1. The number of nitrogens with one attached hydrogen (secondary N) is 2. The Labute approximate surface area is 364 Å². The van der Waals surface area contributed by atoms with Gasteiger partial charge in [0.25, 0.3) is 0 Å². The molecule has 3 aliphatic heterocycles. The van der Waals surface area contributed by atoms with Crippen molar-refractivity contribution < 1.29 is 14.7 Å². The number of aliphatic hydroxyl groups excluding tert-OH is 1. The zero-order chi connectivity index (χ0) is 42.9. The zero-order valence-corrected chi connectivity index (χ0v) is 36.8. The van der Waals surface area contributed by atoms with Gasteiger partial charge in [-0.25, -0.2) is 9.78 Å². The van der Waals surface area contributed by atoms with E-state index < -0.39 is 11.9 Å². The standard InChI is InChI=1S/C48H64N10O4/c1-4-32(5-2)27-49-47-50-28-39-40(31-57(45(39)52-47)37-11-13-38(59)14-12-37)35-9-6-33(7-10-35)29-55-22-24-56(25-23-55)36-18-20-54(21-19-36)30-34-8-15-41-43(26-34)53(3)48(62)58(41)42-16-17-44(60)51-46(42)61/h6-10,15,26,28,31-32,36-38,42,59H,4-5,11-14,16-25,27,29-30H2,1-3H3,(H,49,50,52)(H,51,60,61). The van der Waals surface area contributed by atoms with Crippen LogP contribution in [-0.4, -0.2) is 113 Å². The van der Waals surface area contributed by atoms with Crippen LogP contribution in [0.4, 0.5) is 5.95 Å². The second-order valence-corrected chi connectivity index (χ2v) is 18.4. The van der Waals surface area contributed by atoms with Crippen molar-refractivity contribution in [2.45, 2.75) is 115 Å². The lowest BCUT2D eigenvalue weighted by atomic mass is 9.93. The van der Waals surface area contributed by atoms with E-state index in [-0.39, 0.29) is 24.1 Å². The van der Waals surface area contributed by atoms with Gasteiger partial charge >= 0.3 is 5.69 Å². The summed E-state index contributed by atoms with van der Waals surface area (Å²) in [6.07, 6.45) is 12.7. The molecule has 14 nitrogen and oxygen atoms in total. The van der Waals surface area contributed by atoms with Gasteiger partial charge in [0.1, 0.15) is 11.7 Å². The summed E-state index contributed by atoms with van der Waals surface area (Å²) in [6, 6.07) is 15.5. The van der Waals surface area contributed by atoms with Crippen LogP contribution in [-0.2, 0) is 29.7 Å². The Morgan fingerprint density at radius 1 is 0.806 bits per heavy atom. The van der Waals surface area contributed by atoms with Crippen molar-refractivity contribution in [1.82, 2.24) is 43.7 Å². The van der Waals surface area contributed by atoms with Crippen molar-refractivity contribution in [2.24, 2.45) is 13.0 Å². The van der Waals surface area contributed by atoms with Crippen LogP contribution in [0.2, 0.25) is 0 Å². The summed E-state index contributed by atoms with van der Waals surface area (Å²) in [5.41, 5.74) is 7.12. The maximum Gasteiger partial charge on any atom is 0.329 e. The zero-order valence-electron chi connectivity index (χ0n) is 36.8. The highest BCUT2D eigenvalue weighted by molar-refractivity contribution is 6.00. The van der Waals surface area contributed by atoms with Gasteiger partial charge in [-0.3, -0.25) is 38.7 Å². The van der Waals surface area contributed by atoms with Crippen LogP contribution in [0.15, 0.2) is 59.7 Å². The number of imidazole rings is 1. The number of aliphatic hydroxyl groups is 1. The number of aryl methyl sites for hydroxylation is 1. The minimum absolute atomic E-state index is 0.203. The second-order valence-electron chi connectivity index (χ2n) is 18.4. The van der Waals surface area contributed by atoms with E-state index in [1.54, 1.807) is 16.2 Å². The van der Waals surface area contributed by atoms with E-state index >= 15 is 0 Å². The number of nitrogens with zero attached hydrogens (tertiary/aromatic N) is 8. The molecular formula is C48H64N10O4. The van der Waals surface area contributed by atoms with Gasteiger partial charge in [-0.2, -0.15) is 4.98 Å². The maximum absolute atomic E-state index is 13.2. The number of amides is 2. The number of anilines is 1. The molecule has 3 aromatic heterocycles. The molecular weight excluding hydrogens is 781 g/mol. The van der Waals surface area contributed by atoms with Gasteiger partial charge in [-0.05, 0) is 92.8 Å².